The molecule has 0 bridgehead atoms. The molecule has 2 rings (SSSR count). The maximum absolute atomic E-state index is 11.3. The maximum atomic E-state index is 11.3. The number of fused-ring (bicyclic) bond motifs is 1. The first kappa shape index (κ1) is 9.39. The number of sulfone groups is 1. The van der Waals surface area contributed by atoms with Gasteiger partial charge in [-0.15, -0.1) is 0 Å². The Labute approximate surface area is 81.1 Å². The van der Waals surface area contributed by atoms with E-state index in [2.05, 4.69) is 10.2 Å². The van der Waals surface area contributed by atoms with Crippen LogP contribution in [0.4, 0.5) is 0 Å². The normalized spacial score (nSPS) is 18.9. The first-order valence-electron chi connectivity index (χ1n) is 4.27. The van der Waals surface area contributed by atoms with Gasteiger partial charge in [-0.3, -0.25) is 4.79 Å². The van der Waals surface area contributed by atoms with Crippen LogP contribution >= 0.6 is 0 Å². The fourth-order valence-electron chi connectivity index (χ4n) is 1.66. The third-order valence-corrected chi connectivity index (χ3v) is 3.98. The molecular formula is C8H10N2O3S. The Morgan fingerprint density at radius 1 is 1.36 bits per heavy atom. The van der Waals surface area contributed by atoms with Crippen LogP contribution in [0.5, 0.6) is 0 Å². The van der Waals surface area contributed by atoms with Crippen molar-refractivity contribution < 1.29 is 8.42 Å². The van der Waals surface area contributed by atoms with E-state index in [0.717, 1.165) is 11.3 Å². The van der Waals surface area contributed by atoms with Gasteiger partial charge in [-0.1, -0.05) is 0 Å². The predicted octanol–water partition coefficient (Wildman–Crippen LogP) is -0.451. The summed E-state index contributed by atoms with van der Waals surface area (Å²) in [7, 11) is -3.08. The van der Waals surface area contributed by atoms with Crippen molar-refractivity contribution in [2.45, 2.75) is 19.1 Å². The highest BCUT2D eigenvalue weighted by Crippen LogP contribution is 2.18. The van der Waals surface area contributed by atoms with E-state index in [1.807, 2.05) is 0 Å². The van der Waals surface area contributed by atoms with Gasteiger partial charge in [0.1, 0.15) is 0 Å². The van der Waals surface area contributed by atoms with E-state index >= 15 is 0 Å². The summed E-state index contributed by atoms with van der Waals surface area (Å²) in [5.74, 6) is -0.0347. The highest BCUT2D eigenvalue weighted by atomic mass is 32.2. The summed E-state index contributed by atoms with van der Waals surface area (Å²) in [5, 5.41) is 6.10. The lowest BCUT2D eigenvalue weighted by atomic mass is 10.1. The smallest absolute Gasteiger partial charge is 0.268 e. The summed E-state index contributed by atoms with van der Waals surface area (Å²) in [6.45, 7) is 1.77. The van der Waals surface area contributed by atoms with E-state index in [9.17, 15) is 13.2 Å². The minimum absolute atomic E-state index is 0.117. The van der Waals surface area contributed by atoms with Crippen molar-refractivity contribution in [3.8, 4) is 0 Å². The van der Waals surface area contributed by atoms with E-state index < -0.39 is 9.84 Å². The topological polar surface area (TPSA) is 79.9 Å². The van der Waals surface area contributed by atoms with Crippen molar-refractivity contribution >= 4 is 9.84 Å². The number of H-pyrrole nitrogens is 1. The van der Waals surface area contributed by atoms with Gasteiger partial charge in [0, 0.05) is 5.56 Å². The van der Waals surface area contributed by atoms with Crippen LogP contribution in [0.15, 0.2) is 4.79 Å². The lowest BCUT2D eigenvalue weighted by molar-refractivity contribution is 0.590. The lowest BCUT2D eigenvalue weighted by Crippen LogP contribution is -2.28. The number of nitrogens with zero attached hydrogens (tertiary/aromatic N) is 1. The van der Waals surface area contributed by atoms with Crippen molar-refractivity contribution in [2.75, 3.05) is 5.75 Å². The average molecular weight is 214 g/mol. The minimum atomic E-state index is -3.08. The summed E-state index contributed by atoms with van der Waals surface area (Å²) in [5.41, 5.74) is 1.50. The summed E-state index contributed by atoms with van der Waals surface area (Å²) in [6.07, 6.45) is 0.403. The first-order chi connectivity index (χ1) is 6.49. The van der Waals surface area contributed by atoms with Gasteiger partial charge in [0.2, 0.25) is 0 Å². The molecule has 0 fully saturated rings. The molecule has 0 radical (unpaired) electrons. The summed E-state index contributed by atoms with van der Waals surface area (Å²) >= 11 is 0. The van der Waals surface area contributed by atoms with E-state index in [4.69, 9.17) is 0 Å². The third kappa shape index (κ3) is 1.45. The molecule has 0 aliphatic carbocycles. The second-order valence-corrected chi connectivity index (χ2v) is 5.62. The molecule has 2 heterocycles. The van der Waals surface area contributed by atoms with Crippen LogP contribution in [0.3, 0.4) is 0 Å². The van der Waals surface area contributed by atoms with Crippen LogP contribution in [0, 0.1) is 6.92 Å². The molecule has 1 aliphatic heterocycles. The number of aromatic nitrogens is 2. The fourth-order valence-corrected chi connectivity index (χ4v) is 3.06. The van der Waals surface area contributed by atoms with Gasteiger partial charge in [-0.05, 0) is 18.9 Å². The molecule has 0 saturated heterocycles. The zero-order valence-electron chi connectivity index (χ0n) is 7.70. The van der Waals surface area contributed by atoms with Crippen LogP contribution in [0.25, 0.3) is 0 Å². The molecule has 0 amide bonds. The van der Waals surface area contributed by atoms with Crippen LogP contribution in [0.2, 0.25) is 0 Å². The van der Waals surface area contributed by atoms with Gasteiger partial charge in [-0.2, -0.15) is 5.10 Å². The van der Waals surface area contributed by atoms with Gasteiger partial charge in [0.25, 0.3) is 5.56 Å². The van der Waals surface area contributed by atoms with E-state index in [1.165, 1.54) is 0 Å². The standard InChI is InChI=1S/C8H10N2O3S/c1-5-6-2-3-14(12,13)4-7(6)8(11)10-9-5/h2-4H2,1H3,(H,10,11). The summed E-state index contributed by atoms with van der Waals surface area (Å²) in [6, 6.07) is 0. The summed E-state index contributed by atoms with van der Waals surface area (Å²) in [4.78, 5) is 11.3. The van der Waals surface area contributed by atoms with E-state index in [-0.39, 0.29) is 17.1 Å². The molecule has 1 aromatic rings. The average Bonchev–Trinajstić information content (AvgIpc) is 2.10. The fraction of sp³-hybridized carbons (Fsp3) is 0.500. The molecule has 1 aromatic heterocycles. The quantitative estimate of drug-likeness (QED) is 0.634. The monoisotopic (exact) mass is 214 g/mol. The summed E-state index contributed by atoms with van der Waals surface area (Å²) < 4.78 is 22.6. The zero-order valence-corrected chi connectivity index (χ0v) is 8.52. The van der Waals surface area contributed by atoms with E-state index in [0.29, 0.717) is 12.0 Å². The highest BCUT2D eigenvalue weighted by molar-refractivity contribution is 7.90. The molecule has 0 aromatic carbocycles. The molecular weight excluding hydrogens is 204 g/mol. The van der Waals surface area contributed by atoms with Crippen LogP contribution in [0.1, 0.15) is 16.8 Å². The largest absolute Gasteiger partial charge is 0.268 e. The highest BCUT2D eigenvalue weighted by Gasteiger charge is 2.25. The van der Waals surface area contributed by atoms with Crippen LogP contribution in [-0.2, 0) is 22.0 Å². The Morgan fingerprint density at radius 3 is 2.79 bits per heavy atom. The molecule has 14 heavy (non-hydrogen) atoms. The van der Waals surface area contributed by atoms with Gasteiger partial charge in [0.15, 0.2) is 9.84 Å². The number of aryl methyl sites for hydroxylation is 1. The number of aromatic amines is 1. The Balaban J connectivity index is 2.68. The molecule has 5 nitrogen and oxygen atoms in total. The van der Waals surface area contributed by atoms with Crippen molar-refractivity contribution in [1.29, 1.82) is 0 Å². The van der Waals surface area contributed by atoms with Crippen LogP contribution < -0.4 is 5.56 Å². The lowest BCUT2D eigenvalue weighted by Gasteiger charge is -2.15. The molecule has 1 aliphatic rings. The Morgan fingerprint density at radius 2 is 2.07 bits per heavy atom. The van der Waals surface area contributed by atoms with Gasteiger partial charge in [-0.25, -0.2) is 13.5 Å². The minimum Gasteiger partial charge on any atom is -0.268 e. The SMILES string of the molecule is Cc1n[nH]c(=O)c2c1CCS(=O)(=O)C2. The Hall–Kier alpha value is -1.17. The van der Waals surface area contributed by atoms with Crippen LogP contribution in [-0.4, -0.2) is 24.4 Å². The predicted molar refractivity (Wildman–Crippen MR) is 50.8 cm³/mol. The first-order valence-corrected chi connectivity index (χ1v) is 6.09. The van der Waals surface area contributed by atoms with Crippen molar-refractivity contribution in [3.63, 3.8) is 0 Å². The van der Waals surface area contributed by atoms with Crippen molar-refractivity contribution in [1.82, 2.24) is 10.2 Å². The van der Waals surface area contributed by atoms with Gasteiger partial charge in [0.05, 0.1) is 17.2 Å². The van der Waals surface area contributed by atoms with Gasteiger partial charge < -0.3 is 0 Å². The second-order valence-electron chi connectivity index (χ2n) is 3.44. The molecule has 0 unspecified atom stereocenters. The number of rotatable bonds is 0. The molecule has 6 heteroatoms. The Bertz CT molecular complexity index is 530. The van der Waals surface area contributed by atoms with Gasteiger partial charge >= 0.3 is 0 Å². The maximum Gasteiger partial charge on any atom is 0.268 e. The van der Waals surface area contributed by atoms with E-state index in [1.54, 1.807) is 6.92 Å². The number of hydrogen-bond donors (Lipinski definition) is 1. The third-order valence-electron chi connectivity index (χ3n) is 2.43. The molecule has 1 N–H and O–H groups in total. The number of hydrogen-bond acceptors (Lipinski definition) is 4. The zero-order chi connectivity index (χ0) is 10.3. The molecule has 0 atom stereocenters. The Kier molecular flexibility index (Phi) is 1.95. The molecule has 0 saturated carbocycles. The molecule has 0 spiro atoms. The number of nitrogens with one attached hydrogen (secondary N) is 1. The second kappa shape index (κ2) is 2.91. The van der Waals surface area contributed by atoms with Crippen molar-refractivity contribution in [2.24, 2.45) is 0 Å². The molecule has 76 valence electrons. The van der Waals surface area contributed by atoms with Crippen molar-refractivity contribution in [3.05, 3.63) is 27.2 Å².